The summed E-state index contributed by atoms with van der Waals surface area (Å²) in [4.78, 5) is 17.1. The van der Waals surface area contributed by atoms with E-state index < -0.39 is 24.1 Å². The number of hydrogen-bond donors (Lipinski definition) is 0. The van der Waals surface area contributed by atoms with Gasteiger partial charge in [0.1, 0.15) is 5.72 Å². The SMILES string of the molecule is CC(C)[C@H]1CO[C@]23CC[C@@H](N(CCCF)Cc4ccc(C(F)(F)F)cc4)C[C@H]2CCC(=O)N13. The second-order valence-electron chi connectivity index (χ2n) is 10.1. The van der Waals surface area contributed by atoms with Gasteiger partial charge in [-0.15, -0.1) is 0 Å². The highest BCUT2D eigenvalue weighted by Crippen LogP contribution is 2.51. The van der Waals surface area contributed by atoms with Crippen LogP contribution in [0.2, 0.25) is 0 Å². The van der Waals surface area contributed by atoms with Gasteiger partial charge in [-0.3, -0.25) is 14.1 Å². The van der Waals surface area contributed by atoms with Crippen LogP contribution in [-0.4, -0.2) is 53.3 Å². The van der Waals surface area contributed by atoms with Gasteiger partial charge in [-0.25, -0.2) is 0 Å². The Bertz CT molecular complexity index is 829. The number of benzene rings is 1. The molecule has 0 bridgehead atoms. The number of carbonyl (C=O) groups excluding carboxylic acids is 1. The Balaban J connectivity index is 1.50. The smallest absolute Gasteiger partial charge is 0.353 e. The van der Waals surface area contributed by atoms with Crippen molar-refractivity contribution in [3.63, 3.8) is 0 Å². The highest BCUT2D eigenvalue weighted by Gasteiger charge is 2.59. The lowest BCUT2D eigenvalue weighted by Crippen LogP contribution is -2.63. The monoisotopic (exact) mass is 470 g/mol. The molecule has 1 spiro atoms. The van der Waals surface area contributed by atoms with Crippen LogP contribution in [-0.2, 0) is 22.3 Å². The maximum atomic E-state index is 13.0. The third-order valence-electron chi connectivity index (χ3n) is 7.78. The molecule has 1 aliphatic carbocycles. The zero-order chi connectivity index (χ0) is 23.8. The van der Waals surface area contributed by atoms with E-state index in [1.165, 1.54) is 12.1 Å². The maximum Gasteiger partial charge on any atom is 0.416 e. The van der Waals surface area contributed by atoms with Crippen LogP contribution in [0.1, 0.15) is 63.5 Å². The lowest BCUT2D eigenvalue weighted by atomic mass is 9.72. The zero-order valence-corrected chi connectivity index (χ0v) is 19.4. The van der Waals surface area contributed by atoms with Gasteiger partial charge in [0.2, 0.25) is 5.91 Å². The molecule has 0 unspecified atom stereocenters. The summed E-state index contributed by atoms with van der Waals surface area (Å²) in [5.74, 6) is 0.726. The van der Waals surface area contributed by atoms with Gasteiger partial charge in [-0.1, -0.05) is 26.0 Å². The molecule has 0 aromatic heterocycles. The second-order valence-corrected chi connectivity index (χ2v) is 10.1. The van der Waals surface area contributed by atoms with Gasteiger partial charge in [0.25, 0.3) is 0 Å². The molecule has 184 valence electrons. The van der Waals surface area contributed by atoms with Crippen molar-refractivity contribution in [2.75, 3.05) is 19.8 Å². The largest absolute Gasteiger partial charge is 0.416 e. The first-order chi connectivity index (χ1) is 15.7. The van der Waals surface area contributed by atoms with Gasteiger partial charge in [-0.05, 0) is 55.7 Å². The van der Waals surface area contributed by atoms with E-state index in [0.29, 0.717) is 38.5 Å². The molecule has 3 fully saturated rings. The first-order valence-electron chi connectivity index (χ1n) is 12.1. The van der Waals surface area contributed by atoms with Crippen molar-refractivity contribution in [1.29, 1.82) is 0 Å². The molecule has 2 saturated heterocycles. The normalized spacial score (nSPS) is 30.1. The van der Waals surface area contributed by atoms with Gasteiger partial charge in [0.15, 0.2) is 0 Å². The van der Waals surface area contributed by atoms with Crippen molar-refractivity contribution in [2.24, 2.45) is 11.8 Å². The summed E-state index contributed by atoms with van der Waals surface area (Å²) in [6.45, 7) is 5.43. The Hall–Kier alpha value is -1.67. The molecule has 2 heterocycles. The van der Waals surface area contributed by atoms with E-state index in [4.69, 9.17) is 4.74 Å². The average Bonchev–Trinajstić information content (AvgIpc) is 3.17. The summed E-state index contributed by atoms with van der Waals surface area (Å²) in [5.41, 5.74) is -0.397. The summed E-state index contributed by atoms with van der Waals surface area (Å²) in [6, 6.07) is 5.55. The summed E-state index contributed by atoms with van der Waals surface area (Å²) >= 11 is 0. The first-order valence-corrected chi connectivity index (χ1v) is 12.1. The van der Waals surface area contributed by atoms with Crippen LogP contribution in [0.3, 0.4) is 0 Å². The Morgan fingerprint density at radius 3 is 2.58 bits per heavy atom. The van der Waals surface area contributed by atoms with Crippen molar-refractivity contribution >= 4 is 5.91 Å². The van der Waals surface area contributed by atoms with Crippen LogP contribution in [0.4, 0.5) is 17.6 Å². The standard InChI is InChI=1S/C25H34F4N2O2/c1-17(2)22-16-33-24-11-10-21(14-20(24)8-9-23(32)31(22)24)30(13-3-12-26)15-18-4-6-19(7-5-18)25(27,28)29/h4-7,17,20-22H,3,8-16H2,1-2H3/t20-,21-,22-,24-/m1/s1. The predicted octanol–water partition coefficient (Wildman–Crippen LogP) is 5.41. The molecular formula is C25H34F4N2O2. The number of nitrogens with zero attached hydrogens (tertiary/aromatic N) is 2. The minimum atomic E-state index is -4.36. The second kappa shape index (κ2) is 9.53. The first kappa shape index (κ1) is 24.5. The number of alkyl halides is 4. The lowest BCUT2D eigenvalue weighted by molar-refractivity contribution is -0.191. The van der Waals surface area contributed by atoms with E-state index in [1.807, 2.05) is 4.90 Å². The van der Waals surface area contributed by atoms with Crippen molar-refractivity contribution in [1.82, 2.24) is 9.80 Å². The van der Waals surface area contributed by atoms with Crippen LogP contribution in [0.25, 0.3) is 0 Å². The van der Waals surface area contributed by atoms with Gasteiger partial charge >= 0.3 is 6.18 Å². The van der Waals surface area contributed by atoms with Crippen molar-refractivity contribution < 1.29 is 27.1 Å². The van der Waals surface area contributed by atoms with Crippen LogP contribution < -0.4 is 0 Å². The number of rotatable bonds is 7. The third-order valence-corrected chi connectivity index (χ3v) is 7.78. The Kier molecular flexibility index (Phi) is 7.06. The van der Waals surface area contributed by atoms with Gasteiger partial charge in [0.05, 0.1) is 24.9 Å². The van der Waals surface area contributed by atoms with Crippen LogP contribution in [0.5, 0.6) is 0 Å². The molecule has 8 heteroatoms. The number of hydrogen-bond acceptors (Lipinski definition) is 3. The van der Waals surface area contributed by atoms with E-state index in [-0.39, 0.29) is 23.9 Å². The average molecular weight is 471 g/mol. The minimum Gasteiger partial charge on any atom is -0.353 e. The lowest BCUT2D eigenvalue weighted by Gasteiger charge is -2.53. The zero-order valence-electron chi connectivity index (χ0n) is 19.4. The van der Waals surface area contributed by atoms with Crippen LogP contribution >= 0.6 is 0 Å². The summed E-state index contributed by atoms with van der Waals surface area (Å²) in [5, 5.41) is 0. The van der Waals surface area contributed by atoms with E-state index in [1.54, 1.807) is 0 Å². The molecule has 0 N–H and O–H groups in total. The van der Waals surface area contributed by atoms with E-state index in [9.17, 15) is 22.4 Å². The molecular weight excluding hydrogens is 436 g/mol. The van der Waals surface area contributed by atoms with Gasteiger partial charge in [-0.2, -0.15) is 13.2 Å². The minimum absolute atomic E-state index is 0.103. The number of amides is 1. The molecule has 33 heavy (non-hydrogen) atoms. The fourth-order valence-corrected chi connectivity index (χ4v) is 6.04. The Morgan fingerprint density at radius 2 is 1.94 bits per heavy atom. The van der Waals surface area contributed by atoms with E-state index in [2.05, 4.69) is 18.7 Å². The maximum absolute atomic E-state index is 13.0. The summed E-state index contributed by atoms with van der Waals surface area (Å²) in [6.07, 6.45) is -0.244. The summed E-state index contributed by atoms with van der Waals surface area (Å²) in [7, 11) is 0. The Labute approximate surface area is 193 Å². The summed E-state index contributed by atoms with van der Waals surface area (Å²) < 4.78 is 58.2. The fourth-order valence-electron chi connectivity index (χ4n) is 6.04. The molecule has 1 aromatic carbocycles. The molecule has 0 radical (unpaired) electrons. The van der Waals surface area contributed by atoms with E-state index in [0.717, 1.165) is 43.4 Å². The molecule has 1 saturated carbocycles. The van der Waals surface area contributed by atoms with Crippen molar-refractivity contribution in [2.45, 2.75) is 82.9 Å². The predicted molar refractivity (Wildman–Crippen MR) is 117 cm³/mol. The molecule has 3 aliphatic rings. The number of ether oxygens (including phenoxy) is 1. The van der Waals surface area contributed by atoms with Gasteiger partial charge in [0, 0.05) is 31.5 Å². The molecule has 1 amide bonds. The van der Waals surface area contributed by atoms with Crippen LogP contribution in [0.15, 0.2) is 24.3 Å². The molecule has 2 aliphatic heterocycles. The molecule has 1 aromatic rings. The van der Waals surface area contributed by atoms with Crippen molar-refractivity contribution in [3.8, 4) is 0 Å². The number of piperidine rings is 1. The Morgan fingerprint density at radius 1 is 1.21 bits per heavy atom. The highest BCUT2D eigenvalue weighted by atomic mass is 19.4. The number of halogens is 4. The third kappa shape index (κ3) is 4.78. The quantitative estimate of drug-likeness (QED) is 0.500. The van der Waals surface area contributed by atoms with E-state index >= 15 is 0 Å². The van der Waals surface area contributed by atoms with Crippen LogP contribution in [0, 0.1) is 11.8 Å². The van der Waals surface area contributed by atoms with Gasteiger partial charge < -0.3 is 9.64 Å². The molecule has 4 rings (SSSR count). The molecule has 4 atom stereocenters. The topological polar surface area (TPSA) is 32.8 Å². The highest BCUT2D eigenvalue weighted by molar-refractivity contribution is 5.78. The van der Waals surface area contributed by atoms with Crippen molar-refractivity contribution in [3.05, 3.63) is 35.4 Å². The number of carbonyl (C=O) groups is 1. The molecule has 4 nitrogen and oxygen atoms in total. The fraction of sp³-hybridized carbons (Fsp3) is 0.720.